The van der Waals surface area contributed by atoms with Gasteiger partial charge >= 0.3 is 0 Å². The molecule has 1 atom stereocenters. The Labute approximate surface area is 215 Å². The third-order valence-corrected chi connectivity index (χ3v) is 6.41. The molecule has 0 saturated heterocycles. The smallest absolute Gasteiger partial charge is 0.261 e. The Kier molecular flexibility index (Phi) is 8.92. The Morgan fingerprint density at radius 1 is 1.03 bits per heavy atom. The summed E-state index contributed by atoms with van der Waals surface area (Å²) in [6.45, 7) is 5.80. The maximum absolute atomic E-state index is 13.4. The number of hydrogen-bond acceptors (Lipinski definition) is 4. The fourth-order valence-corrected chi connectivity index (χ4v) is 4.58. The third-order valence-electron chi connectivity index (χ3n) is 5.82. The molecular weight excluding hydrogens is 489 g/mol. The van der Waals surface area contributed by atoms with Crippen molar-refractivity contribution in [3.05, 3.63) is 69.2 Å². The molecule has 1 aliphatic heterocycles. The highest BCUT2D eigenvalue weighted by atomic mass is 35.5. The number of carbonyl (C=O) groups excluding carboxylic acids is 4. The van der Waals surface area contributed by atoms with Crippen LogP contribution in [-0.2, 0) is 16.1 Å². The number of fused-ring (bicyclic) bond motifs is 1. The minimum Gasteiger partial charge on any atom is -0.352 e. The molecule has 7 nitrogen and oxygen atoms in total. The standard InChI is InChI=1S/C26H29Cl2N3O4/c1-4-22(24(33)29-16(2)3)31(15-17-11-12-18(27)14-21(17)28)23(32)10-7-13-30-25(34)19-8-5-6-9-20(19)26(30)35/h5-6,8-9,11-12,14,16,22H,4,7,10,13,15H2,1-3H3,(H,29,33)/t22-/m0/s1. The van der Waals surface area contributed by atoms with Gasteiger partial charge in [-0.25, -0.2) is 0 Å². The Bertz CT molecular complexity index is 1100. The van der Waals surface area contributed by atoms with Crippen molar-refractivity contribution in [2.24, 2.45) is 0 Å². The van der Waals surface area contributed by atoms with Crippen LogP contribution >= 0.6 is 23.2 Å². The van der Waals surface area contributed by atoms with Gasteiger partial charge in [-0.1, -0.05) is 48.3 Å². The second-order valence-corrected chi connectivity index (χ2v) is 9.60. The van der Waals surface area contributed by atoms with Gasteiger partial charge in [0.15, 0.2) is 0 Å². The van der Waals surface area contributed by atoms with Gasteiger partial charge in [-0.15, -0.1) is 0 Å². The van der Waals surface area contributed by atoms with Crippen LogP contribution in [0.3, 0.4) is 0 Å². The van der Waals surface area contributed by atoms with E-state index in [-0.39, 0.29) is 55.6 Å². The van der Waals surface area contributed by atoms with Crippen LogP contribution in [-0.4, -0.2) is 52.1 Å². The summed E-state index contributed by atoms with van der Waals surface area (Å²) in [6, 6.07) is 10.9. The zero-order valence-electron chi connectivity index (χ0n) is 20.0. The normalized spacial score (nSPS) is 13.7. The molecule has 1 aliphatic rings. The highest BCUT2D eigenvalue weighted by molar-refractivity contribution is 6.35. The van der Waals surface area contributed by atoms with Crippen molar-refractivity contribution >= 4 is 46.8 Å². The Morgan fingerprint density at radius 3 is 2.20 bits per heavy atom. The van der Waals surface area contributed by atoms with E-state index in [1.807, 2.05) is 20.8 Å². The van der Waals surface area contributed by atoms with Crippen molar-refractivity contribution in [1.29, 1.82) is 0 Å². The highest BCUT2D eigenvalue weighted by Gasteiger charge is 2.35. The van der Waals surface area contributed by atoms with Crippen molar-refractivity contribution in [2.75, 3.05) is 6.54 Å². The maximum atomic E-state index is 13.4. The fraction of sp³-hybridized carbons (Fsp3) is 0.385. The summed E-state index contributed by atoms with van der Waals surface area (Å²) in [5.74, 6) is -1.23. The summed E-state index contributed by atoms with van der Waals surface area (Å²) in [5.41, 5.74) is 1.42. The predicted octanol–water partition coefficient (Wildman–Crippen LogP) is 4.70. The average molecular weight is 518 g/mol. The molecule has 0 radical (unpaired) electrons. The molecule has 9 heteroatoms. The van der Waals surface area contributed by atoms with Crippen molar-refractivity contribution in [1.82, 2.24) is 15.1 Å². The van der Waals surface area contributed by atoms with Gasteiger partial charge in [0, 0.05) is 35.6 Å². The lowest BCUT2D eigenvalue weighted by atomic mass is 10.1. The summed E-state index contributed by atoms with van der Waals surface area (Å²) in [7, 11) is 0. The van der Waals surface area contributed by atoms with Crippen LogP contribution in [0.1, 0.15) is 66.3 Å². The van der Waals surface area contributed by atoms with Gasteiger partial charge < -0.3 is 10.2 Å². The lowest BCUT2D eigenvalue weighted by Gasteiger charge is -2.31. The molecule has 1 N–H and O–H groups in total. The van der Waals surface area contributed by atoms with Crippen molar-refractivity contribution in [2.45, 2.75) is 58.7 Å². The Balaban J connectivity index is 1.74. The van der Waals surface area contributed by atoms with E-state index in [9.17, 15) is 19.2 Å². The monoisotopic (exact) mass is 517 g/mol. The van der Waals surface area contributed by atoms with E-state index in [0.717, 1.165) is 0 Å². The summed E-state index contributed by atoms with van der Waals surface area (Å²) in [5, 5.41) is 3.75. The zero-order chi connectivity index (χ0) is 25.7. The van der Waals surface area contributed by atoms with Gasteiger partial charge in [0.25, 0.3) is 11.8 Å². The van der Waals surface area contributed by atoms with Crippen molar-refractivity contribution in [3.63, 3.8) is 0 Å². The second kappa shape index (κ2) is 11.7. The molecule has 2 aromatic rings. The van der Waals surface area contributed by atoms with Crippen molar-refractivity contribution in [3.8, 4) is 0 Å². The summed E-state index contributed by atoms with van der Waals surface area (Å²) in [6.07, 6.45) is 0.745. The van der Waals surface area contributed by atoms with Crippen LogP contribution in [0.25, 0.3) is 0 Å². The summed E-state index contributed by atoms with van der Waals surface area (Å²) in [4.78, 5) is 54.1. The molecule has 0 unspecified atom stereocenters. The second-order valence-electron chi connectivity index (χ2n) is 8.76. The molecule has 2 aromatic carbocycles. The highest BCUT2D eigenvalue weighted by Crippen LogP contribution is 2.25. The summed E-state index contributed by atoms with van der Waals surface area (Å²) < 4.78 is 0. The number of hydrogen-bond donors (Lipinski definition) is 1. The number of amides is 4. The quantitative estimate of drug-likeness (QED) is 0.462. The predicted molar refractivity (Wildman–Crippen MR) is 135 cm³/mol. The molecule has 0 fully saturated rings. The van der Waals surface area contributed by atoms with Gasteiger partial charge in [-0.3, -0.25) is 24.1 Å². The number of carbonyl (C=O) groups is 4. The lowest BCUT2D eigenvalue weighted by molar-refractivity contribution is -0.141. The van der Waals surface area contributed by atoms with Crippen LogP contribution in [0.15, 0.2) is 42.5 Å². The van der Waals surface area contributed by atoms with E-state index in [0.29, 0.717) is 33.2 Å². The van der Waals surface area contributed by atoms with Crippen molar-refractivity contribution < 1.29 is 19.2 Å². The minimum absolute atomic E-state index is 0.0596. The van der Waals surface area contributed by atoms with E-state index in [1.165, 1.54) is 9.80 Å². The maximum Gasteiger partial charge on any atom is 0.261 e. The molecule has 0 saturated carbocycles. The largest absolute Gasteiger partial charge is 0.352 e. The van der Waals surface area contributed by atoms with Crippen LogP contribution < -0.4 is 5.32 Å². The van der Waals surface area contributed by atoms with E-state index in [4.69, 9.17) is 23.2 Å². The van der Waals surface area contributed by atoms with E-state index in [2.05, 4.69) is 5.32 Å². The average Bonchev–Trinajstić information content (AvgIpc) is 3.04. The third kappa shape index (κ3) is 6.21. The number of nitrogens with zero attached hydrogens (tertiary/aromatic N) is 2. The lowest BCUT2D eigenvalue weighted by Crippen LogP contribution is -2.50. The fourth-order valence-electron chi connectivity index (χ4n) is 4.11. The molecule has 186 valence electrons. The first-order valence-corrected chi connectivity index (χ1v) is 12.4. The topological polar surface area (TPSA) is 86.8 Å². The van der Waals surface area contributed by atoms with Crippen LogP contribution in [0.5, 0.6) is 0 Å². The molecule has 0 spiro atoms. The molecule has 0 aliphatic carbocycles. The number of rotatable bonds is 10. The van der Waals surface area contributed by atoms with Crippen LogP contribution in [0.2, 0.25) is 10.0 Å². The molecule has 35 heavy (non-hydrogen) atoms. The molecule has 0 bridgehead atoms. The zero-order valence-corrected chi connectivity index (χ0v) is 21.5. The Hall–Kier alpha value is -2.90. The SMILES string of the molecule is CC[C@@H](C(=O)NC(C)C)N(Cc1ccc(Cl)cc1Cl)C(=O)CCCN1C(=O)c2ccccc2C1=O. The van der Waals surface area contributed by atoms with Crippen LogP contribution in [0, 0.1) is 0 Å². The Morgan fingerprint density at radius 2 is 1.66 bits per heavy atom. The molecular formula is C26H29Cl2N3O4. The van der Waals surface area contributed by atoms with E-state index >= 15 is 0 Å². The first-order valence-electron chi connectivity index (χ1n) is 11.6. The van der Waals surface area contributed by atoms with Crippen LogP contribution in [0.4, 0.5) is 0 Å². The van der Waals surface area contributed by atoms with Gasteiger partial charge in [0.2, 0.25) is 11.8 Å². The number of halogens is 2. The molecule has 0 aromatic heterocycles. The molecule has 3 rings (SSSR count). The van der Waals surface area contributed by atoms with E-state index < -0.39 is 6.04 Å². The minimum atomic E-state index is -0.698. The first kappa shape index (κ1) is 26.7. The van der Waals surface area contributed by atoms with Gasteiger partial charge in [0.05, 0.1) is 11.1 Å². The molecule has 4 amide bonds. The summed E-state index contributed by atoms with van der Waals surface area (Å²) >= 11 is 12.4. The number of benzene rings is 2. The first-order chi connectivity index (χ1) is 16.6. The van der Waals surface area contributed by atoms with Gasteiger partial charge in [-0.2, -0.15) is 0 Å². The van der Waals surface area contributed by atoms with Gasteiger partial charge in [0.1, 0.15) is 6.04 Å². The number of imide groups is 1. The molecule has 1 heterocycles. The number of nitrogens with one attached hydrogen (secondary N) is 1. The van der Waals surface area contributed by atoms with E-state index in [1.54, 1.807) is 42.5 Å². The van der Waals surface area contributed by atoms with Gasteiger partial charge in [-0.05, 0) is 56.5 Å².